The molecule has 20 heavy (non-hydrogen) atoms. The van der Waals surface area contributed by atoms with E-state index in [2.05, 4.69) is 27.9 Å². The van der Waals surface area contributed by atoms with Gasteiger partial charge in [0.1, 0.15) is 5.75 Å². The lowest BCUT2D eigenvalue weighted by Gasteiger charge is -2.08. The Morgan fingerprint density at radius 2 is 1.90 bits per heavy atom. The van der Waals surface area contributed by atoms with Crippen molar-refractivity contribution in [3.05, 3.63) is 57.7 Å². The molecule has 2 aromatic carbocycles. The topological polar surface area (TPSA) is 62.1 Å². The number of hydrogen-bond donors (Lipinski definition) is 1. The Kier molecular flexibility index (Phi) is 4.96. The first-order chi connectivity index (χ1) is 9.69. The van der Waals surface area contributed by atoms with E-state index in [1.807, 2.05) is 30.3 Å². The summed E-state index contributed by atoms with van der Waals surface area (Å²) in [7, 11) is 0. The van der Waals surface area contributed by atoms with Gasteiger partial charge in [-0.2, -0.15) is 5.26 Å². The maximum Gasteiger partial charge on any atom is 0.262 e. The van der Waals surface area contributed by atoms with Crippen molar-refractivity contribution in [1.82, 2.24) is 0 Å². The first kappa shape index (κ1) is 14.3. The molecular weight excluding hydrogens is 367 g/mol. The number of carbonyl (C=O) groups is 1. The normalized spacial score (nSPS) is 9.60. The van der Waals surface area contributed by atoms with Crippen LogP contribution in [0, 0.1) is 14.9 Å². The fourth-order valence-corrected chi connectivity index (χ4v) is 2.07. The SMILES string of the molecule is N#Cc1ccc(NC(=O)COc2ccccc2I)cc1. The summed E-state index contributed by atoms with van der Waals surface area (Å²) in [5.74, 6) is 0.442. The molecule has 100 valence electrons. The maximum absolute atomic E-state index is 11.7. The minimum absolute atomic E-state index is 0.0555. The van der Waals surface area contributed by atoms with Crippen LogP contribution in [0.2, 0.25) is 0 Å². The lowest BCUT2D eigenvalue weighted by atomic mass is 10.2. The molecule has 0 radical (unpaired) electrons. The van der Waals surface area contributed by atoms with Crippen molar-refractivity contribution in [2.45, 2.75) is 0 Å². The molecule has 0 saturated heterocycles. The largest absolute Gasteiger partial charge is 0.483 e. The first-order valence-corrected chi connectivity index (χ1v) is 6.94. The van der Waals surface area contributed by atoms with Crippen molar-refractivity contribution >= 4 is 34.2 Å². The van der Waals surface area contributed by atoms with Crippen LogP contribution in [0.4, 0.5) is 5.69 Å². The highest BCUT2D eigenvalue weighted by molar-refractivity contribution is 14.1. The molecule has 4 nitrogen and oxygen atoms in total. The fraction of sp³-hybridized carbons (Fsp3) is 0.0667. The Bertz CT molecular complexity index is 648. The molecule has 0 bridgehead atoms. The zero-order chi connectivity index (χ0) is 14.4. The third-order valence-electron chi connectivity index (χ3n) is 2.49. The molecule has 0 atom stereocenters. The van der Waals surface area contributed by atoms with Crippen molar-refractivity contribution in [3.8, 4) is 11.8 Å². The number of hydrogen-bond acceptors (Lipinski definition) is 3. The number of benzene rings is 2. The summed E-state index contributed by atoms with van der Waals surface area (Å²) in [5.41, 5.74) is 1.19. The van der Waals surface area contributed by atoms with E-state index in [9.17, 15) is 4.79 Å². The van der Waals surface area contributed by atoms with Crippen LogP contribution in [0.5, 0.6) is 5.75 Å². The predicted octanol–water partition coefficient (Wildman–Crippen LogP) is 3.18. The van der Waals surface area contributed by atoms with Crippen molar-refractivity contribution < 1.29 is 9.53 Å². The molecule has 0 fully saturated rings. The third kappa shape index (κ3) is 3.96. The summed E-state index contributed by atoms with van der Waals surface area (Å²) in [6.07, 6.45) is 0. The minimum Gasteiger partial charge on any atom is -0.483 e. The van der Waals surface area contributed by atoms with Crippen molar-refractivity contribution in [3.63, 3.8) is 0 Å². The third-order valence-corrected chi connectivity index (χ3v) is 3.38. The van der Waals surface area contributed by atoms with Gasteiger partial charge in [-0.3, -0.25) is 4.79 Å². The second-order valence-electron chi connectivity index (χ2n) is 3.96. The number of nitriles is 1. The number of amides is 1. The van der Waals surface area contributed by atoms with E-state index in [1.165, 1.54) is 0 Å². The first-order valence-electron chi connectivity index (χ1n) is 5.86. The molecule has 0 unspecified atom stereocenters. The number of nitrogens with zero attached hydrogens (tertiary/aromatic N) is 1. The summed E-state index contributed by atoms with van der Waals surface area (Å²) < 4.78 is 6.40. The van der Waals surface area contributed by atoms with Crippen LogP contribution in [0.1, 0.15) is 5.56 Å². The van der Waals surface area contributed by atoms with Gasteiger partial charge in [0.15, 0.2) is 6.61 Å². The van der Waals surface area contributed by atoms with Crippen LogP contribution in [0.15, 0.2) is 48.5 Å². The zero-order valence-electron chi connectivity index (χ0n) is 10.5. The summed E-state index contributed by atoms with van der Waals surface area (Å²) in [6.45, 7) is -0.0555. The lowest BCUT2D eigenvalue weighted by molar-refractivity contribution is -0.118. The zero-order valence-corrected chi connectivity index (χ0v) is 12.6. The number of nitrogens with one attached hydrogen (secondary N) is 1. The lowest BCUT2D eigenvalue weighted by Crippen LogP contribution is -2.20. The highest BCUT2D eigenvalue weighted by Gasteiger charge is 2.05. The molecule has 5 heteroatoms. The molecule has 2 rings (SSSR count). The monoisotopic (exact) mass is 378 g/mol. The smallest absolute Gasteiger partial charge is 0.262 e. The van der Waals surface area contributed by atoms with E-state index in [4.69, 9.17) is 10.00 Å². The van der Waals surface area contributed by atoms with Crippen LogP contribution >= 0.6 is 22.6 Å². The molecule has 0 aliphatic rings. The molecule has 0 spiro atoms. The minimum atomic E-state index is -0.241. The van der Waals surface area contributed by atoms with E-state index in [1.54, 1.807) is 24.3 Å². The van der Waals surface area contributed by atoms with Gasteiger partial charge in [-0.25, -0.2) is 0 Å². The van der Waals surface area contributed by atoms with Gasteiger partial charge in [0.25, 0.3) is 5.91 Å². The molecule has 0 aliphatic carbocycles. The van der Waals surface area contributed by atoms with Crippen molar-refractivity contribution in [1.29, 1.82) is 5.26 Å². The second kappa shape index (κ2) is 6.91. The average molecular weight is 378 g/mol. The Balaban J connectivity index is 1.89. The molecule has 0 aliphatic heterocycles. The average Bonchev–Trinajstić information content (AvgIpc) is 2.47. The Morgan fingerprint density at radius 3 is 2.55 bits per heavy atom. The molecule has 1 amide bonds. The fourth-order valence-electron chi connectivity index (χ4n) is 1.53. The van der Waals surface area contributed by atoms with E-state index < -0.39 is 0 Å². The Labute approximate surface area is 130 Å². The number of rotatable bonds is 4. The second-order valence-corrected chi connectivity index (χ2v) is 5.12. The van der Waals surface area contributed by atoms with Crippen LogP contribution in [-0.4, -0.2) is 12.5 Å². The van der Waals surface area contributed by atoms with Gasteiger partial charge in [0, 0.05) is 5.69 Å². The summed E-state index contributed by atoms with van der Waals surface area (Å²) in [4.78, 5) is 11.7. The van der Waals surface area contributed by atoms with Crippen LogP contribution < -0.4 is 10.1 Å². The maximum atomic E-state index is 11.7. The van der Waals surface area contributed by atoms with E-state index >= 15 is 0 Å². The number of anilines is 1. The van der Waals surface area contributed by atoms with Crippen LogP contribution in [-0.2, 0) is 4.79 Å². The van der Waals surface area contributed by atoms with Gasteiger partial charge in [-0.05, 0) is 59.0 Å². The molecule has 0 saturated carbocycles. The highest BCUT2D eigenvalue weighted by atomic mass is 127. The molecule has 1 N–H and O–H groups in total. The summed E-state index contributed by atoms with van der Waals surface area (Å²) in [5, 5.41) is 11.4. The summed E-state index contributed by atoms with van der Waals surface area (Å²) >= 11 is 2.15. The van der Waals surface area contributed by atoms with Crippen molar-refractivity contribution in [2.75, 3.05) is 11.9 Å². The van der Waals surface area contributed by atoms with Crippen LogP contribution in [0.25, 0.3) is 0 Å². The number of carbonyl (C=O) groups excluding carboxylic acids is 1. The molecule has 2 aromatic rings. The quantitative estimate of drug-likeness (QED) is 0.832. The number of ether oxygens (including phenoxy) is 1. The van der Waals surface area contributed by atoms with Gasteiger partial charge < -0.3 is 10.1 Å². The van der Waals surface area contributed by atoms with E-state index in [-0.39, 0.29) is 12.5 Å². The number of para-hydroxylation sites is 1. The molecule has 0 aromatic heterocycles. The highest BCUT2D eigenvalue weighted by Crippen LogP contribution is 2.19. The van der Waals surface area contributed by atoms with E-state index in [0.29, 0.717) is 17.0 Å². The van der Waals surface area contributed by atoms with Gasteiger partial charge in [0.05, 0.1) is 15.2 Å². The molecular formula is C15H11IN2O2. The molecule has 0 heterocycles. The van der Waals surface area contributed by atoms with Gasteiger partial charge in [-0.1, -0.05) is 12.1 Å². The Morgan fingerprint density at radius 1 is 1.20 bits per heavy atom. The van der Waals surface area contributed by atoms with Crippen LogP contribution in [0.3, 0.4) is 0 Å². The van der Waals surface area contributed by atoms with Gasteiger partial charge in [-0.15, -0.1) is 0 Å². The van der Waals surface area contributed by atoms with Gasteiger partial charge >= 0.3 is 0 Å². The van der Waals surface area contributed by atoms with Gasteiger partial charge in [0.2, 0.25) is 0 Å². The van der Waals surface area contributed by atoms with Crippen molar-refractivity contribution in [2.24, 2.45) is 0 Å². The van der Waals surface area contributed by atoms with E-state index in [0.717, 1.165) is 3.57 Å². The predicted molar refractivity (Wildman–Crippen MR) is 84.4 cm³/mol. The number of halogens is 1. The standard InChI is InChI=1S/C15H11IN2O2/c16-13-3-1-2-4-14(13)20-10-15(19)18-12-7-5-11(9-17)6-8-12/h1-8H,10H2,(H,18,19). The Hall–Kier alpha value is -2.07. The summed E-state index contributed by atoms with van der Waals surface area (Å²) in [6, 6.07) is 16.2.